The molecule has 0 saturated heterocycles. The fourth-order valence-corrected chi connectivity index (χ4v) is 2.69. The van der Waals surface area contributed by atoms with E-state index in [1.165, 1.54) is 0 Å². The van der Waals surface area contributed by atoms with Crippen molar-refractivity contribution in [3.05, 3.63) is 64.2 Å². The predicted octanol–water partition coefficient (Wildman–Crippen LogP) is 2.00. The monoisotopic (exact) mass is 331 g/mol. The number of aryl methyl sites for hydroxylation is 1. The molecule has 3 rings (SSSR count). The summed E-state index contributed by atoms with van der Waals surface area (Å²) in [7, 11) is 0. The van der Waals surface area contributed by atoms with Gasteiger partial charge in [0.25, 0.3) is 0 Å². The molecule has 1 aliphatic carbocycles. The molecule has 0 radical (unpaired) electrons. The van der Waals surface area contributed by atoms with Gasteiger partial charge >= 0.3 is 0 Å². The molecule has 2 aromatic carbocycles. The summed E-state index contributed by atoms with van der Waals surface area (Å²) in [6.45, 7) is 1.75. The number of nitriles is 1. The van der Waals surface area contributed by atoms with E-state index in [2.05, 4.69) is 10.5 Å². The number of hydrazone groups is 1. The van der Waals surface area contributed by atoms with Crippen LogP contribution in [0, 0.1) is 23.7 Å². The van der Waals surface area contributed by atoms with Crippen LogP contribution in [0.15, 0.2) is 41.5 Å². The number of hydrogen-bond donors (Lipinski definition) is 3. The van der Waals surface area contributed by atoms with Crippen LogP contribution >= 0.6 is 0 Å². The topological polar surface area (TPSA) is 132 Å². The second-order valence-corrected chi connectivity index (χ2v) is 5.48. The van der Waals surface area contributed by atoms with Gasteiger partial charge in [0, 0.05) is 16.7 Å². The number of fused-ring (bicyclic) bond motifs is 2. The van der Waals surface area contributed by atoms with E-state index < -0.39 is 5.84 Å². The Morgan fingerprint density at radius 2 is 1.76 bits per heavy atom. The van der Waals surface area contributed by atoms with E-state index in [0.717, 1.165) is 0 Å². The van der Waals surface area contributed by atoms with Crippen LogP contribution in [0.25, 0.3) is 0 Å². The van der Waals surface area contributed by atoms with Gasteiger partial charge in [-0.1, -0.05) is 30.3 Å². The first kappa shape index (κ1) is 16.1. The minimum Gasteiger partial charge on any atom is -0.382 e. The van der Waals surface area contributed by atoms with E-state index in [4.69, 9.17) is 16.4 Å². The van der Waals surface area contributed by atoms with E-state index in [-0.39, 0.29) is 28.4 Å². The minimum absolute atomic E-state index is 0.202. The Morgan fingerprint density at radius 1 is 1.12 bits per heavy atom. The van der Waals surface area contributed by atoms with Crippen LogP contribution in [0.1, 0.15) is 37.4 Å². The average Bonchev–Trinajstić information content (AvgIpc) is 2.61. The molecule has 0 aromatic heterocycles. The van der Waals surface area contributed by atoms with Crippen molar-refractivity contribution in [3.63, 3.8) is 0 Å². The molecule has 122 valence electrons. The second kappa shape index (κ2) is 6.02. The number of nitrogens with two attached hydrogens (primary N) is 1. The summed E-state index contributed by atoms with van der Waals surface area (Å²) in [5, 5.41) is 20.0. The zero-order chi connectivity index (χ0) is 18.1. The first-order chi connectivity index (χ1) is 12.0. The molecule has 1 aliphatic rings. The third-order valence-electron chi connectivity index (χ3n) is 3.94. The molecule has 0 unspecified atom stereocenters. The van der Waals surface area contributed by atoms with E-state index in [1.807, 2.05) is 0 Å². The summed E-state index contributed by atoms with van der Waals surface area (Å²) in [4.78, 5) is 25.6. The highest BCUT2D eigenvalue weighted by Crippen LogP contribution is 2.33. The van der Waals surface area contributed by atoms with Gasteiger partial charge < -0.3 is 5.73 Å². The van der Waals surface area contributed by atoms with Crippen molar-refractivity contribution >= 4 is 28.8 Å². The smallest absolute Gasteiger partial charge is 0.201 e. The molecule has 0 spiro atoms. The van der Waals surface area contributed by atoms with Crippen LogP contribution in [-0.4, -0.2) is 23.1 Å². The Morgan fingerprint density at radius 3 is 2.36 bits per heavy atom. The maximum Gasteiger partial charge on any atom is 0.201 e. The SMILES string of the molecule is Cc1ccc2c(c1N/N=C(\C#N)C(=N)N)C(=O)c1ccccc1C2=O. The van der Waals surface area contributed by atoms with Gasteiger partial charge in [0.15, 0.2) is 17.4 Å². The van der Waals surface area contributed by atoms with Crippen LogP contribution in [0.2, 0.25) is 0 Å². The van der Waals surface area contributed by atoms with Gasteiger partial charge in [0.05, 0.1) is 11.3 Å². The van der Waals surface area contributed by atoms with Crippen LogP contribution in [-0.2, 0) is 0 Å². The van der Waals surface area contributed by atoms with Crippen LogP contribution < -0.4 is 11.2 Å². The van der Waals surface area contributed by atoms with Crippen molar-refractivity contribution in [3.8, 4) is 6.07 Å². The van der Waals surface area contributed by atoms with Crippen molar-refractivity contribution in [2.75, 3.05) is 5.43 Å². The Labute approximate surface area is 143 Å². The average molecular weight is 331 g/mol. The number of anilines is 1. The molecular formula is C18H13N5O2. The standard InChI is InChI=1S/C18H13N5O2/c1-9-6-7-12-14(15(9)23-22-13(8-19)18(20)21)17(25)11-5-3-2-4-10(11)16(12)24/h2-7,23H,1H3,(H3,20,21)/b22-13+. The Balaban J connectivity index is 2.18. The maximum absolute atomic E-state index is 12.9. The fraction of sp³-hybridized carbons (Fsp3) is 0.0556. The second-order valence-electron chi connectivity index (χ2n) is 5.48. The summed E-state index contributed by atoms with van der Waals surface area (Å²) < 4.78 is 0. The van der Waals surface area contributed by atoms with E-state index in [0.29, 0.717) is 22.4 Å². The molecule has 0 fully saturated rings. The lowest BCUT2D eigenvalue weighted by Gasteiger charge is -2.21. The number of carbonyl (C=O) groups is 2. The molecule has 0 heterocycles. The van der Waals surface area contributed by atoms with Gasteiger partial charge in [0.2, 0.25) is 5.71 Å². The van der Waals surface area contributed by atoms with Crippen molar-refractivity contribution in [1.82, 2.24) is 0 Å². The largest absolute Gasteiger partial charge is 0.382 e. The summed E-state index contributed by atoms with van der Waals surface area (Å²) >= 11 is 0. The Kier molecular flexibility index (Phi) is 3.87. The fourth-order valence-electron chi connectivity index (χ4n) is 2.69. The van der Waals surface area contributed by atoms with Crippen molar-refractivity contribution < 1.29 is 9.59 Å². The maximum atomic E-state index is 12.9. The van der Waals surface area contributed by atoms with Gasteiger partial charge in [-0.2, -0.15) is 10.4 Å². The molecule has 7 nitrogen and oxygen atoms in total. The lowest BCUT2D eigenvalue weighted by Crippen LogP contribution is -2.24. The normalized spacial score (nSPS) is 12.9. The summed E-state index contributed by atoms with van der Waals surface area (Å²) in [6, 6.07) is 11.6. The quantitative estimate of drug-likeness (QED) is 0.383. The van der Waals surface area contributed by atoms with Gasteiger partial charge in [0.1, 0.15) is 6.07 Å². The molecule has 7 heteroatoms. The third-order valence-corrected chi connectivity index (χ3v) is 3.94. The molecule has 0 saturated carbocycles. The lowest BCUT2D eigenvalue weighted by atomic mass is 9.82. The number of nitrogens with zero attached hydrogens (tertiary/aromatic N) is 2. The molecule has 0 bridgehead atoms. The van der Waals surface area contributed by atoms with Crippen LogP contribution in [0.4, 0.5) is 5.69 Å². The Hall–Kier alpha value is -3.79. The van der Waals surface area contributed by atoms with E-state index >= 15 is 0 Å². The van der Waals surface area contributed by atoms with Gasteiger partial charge in [-0.3, -0.25) is 20.4 Å². The predicted molar refractivity (Wildman–Crippen MR) is 93.1 cm³/mol. The zero-order valence-electron chi connectivity index (χ0n) is 13.3. The number of ketones is 2. The first-order valence-electron chi connectivity index (χ1n) is 7.36. The van der Waals surface area contributed by atoms with Crippen molar-refractivity contribution in [1.29, 1.82) is 10.7 Å². The first-order valence-corrected chi connectivity index (χ1v) is 7.36. The highest BCUT2D eigenvalue weighted by molar-refractivity contribution is 6.46. The highest BCUT2D eigenvalue weighted by Gasteiger charge is 2.32. The summed E-state index contributed by atoms with van der Waals surface area (Å²) in [5.74, 6) is -1.04. The van der Waals surface area contributed by atoms with E-state index in [9.17, 15) is 9.59 Å². The molecule has 0 atom stereocenters. The highest BCUT2D eigenvalue weighted by atomic mass is 16.1. The summed E-state index contributed by atoms with van der Waals surface area (Å²) in [6.07, 6.45) is 0. The molecule has 2 aromatic rings. The van der Waals surface area contributed by atoms with Crippen molar-refractivity contribution in [2.45, 2.75) is 6.92 Å². The third kappa shape index (κ3) is 2.56. The molecule has 25 heavy (non-hydrogen) atoms. The van der Waals surface area contributed by atoms with E-state index in [1.54, 1.807) is 49.4 Å². The number of amidine groups is 1. The van der Waals surface area contributed by atoms with Gasteiger partial charge in [-0.25, -0.2) is 0 Å². The van der Waals surface area contributed by atoms with Crippen molar-refractivity contribution in [2.24, 2.45) is 10.8 Å². The number of benzene rings is 2. The minimum atomic E-state index is -0.495. The number of hydrogen-bond acceptors (Lipinski definition) is 6. The molecule has 0 aliphatic heterocycles. The van der Waals surface area contributed by atoms with Gasteiger partial charge in [-0.05, 0) is 18.6 Å². The lowest BCUT2D eigenvalue weighted by molar-refractivity contribution is 0.0979. The Bertz CT molecular complexity index is 1010. The molecular weight excluding hydrogens is 318 g/mol. The number of carbonyl (C=O) groups excluding carboxylic acids is 2. The van der Waals surface area contributed by atoms with Crippen LogP contribution in [0.3, 0.4) is 0 Å². The molecule has 4 N–H and O–H groups in total. The van der Waals surface area contributed by atoms with Gasteiger partial charge in [-0.15, -0.1) is 0 Å². The number of nitrogens with one attached hydrogen (secondary N) is 2. The zero-order valence-corrected chi connectivity index (χ0v) is 13.3. The molecule has 0 amide bonds. The van der Waals surface area contributed by atoms with Crippen LogP contribution in [0.5, 0.6) is 0 Å². The summed E-state index contributed by atoms with van der Waals surface area (Å²) in [5.41, 5.74) is 9.73. The number of rotatable bonds is 3.